The zero-order chi connectivity index (χ0) is 28.6. The molecule has 0 saturated heterocycles. The van der Waals surface area contributed by atoms with Gasteiger partial charge in [0.2, 0.25) is 0 Å². The molecule has 1 aromatic carbocycles. The second-order valence-corrected chi connectivity index (χ2v) is 10.3. The summed E-state index contributed by atoms with van der Waals surface area (Å²) in [6.07, 6.45) is 22.5. The highest BCUT2D eigenvalue weighted by molar-refractivity contribution is 6.03. The fraction of sp³-hybridized carbons (Fsp3) is 0.719. The molecule has 0 fully saturated rings. The number of aliphatic carboxylic acids is 1. The molecular formula is C32H54O6. The Morgan fingerprint density at radius 2 is 1.00 bits per heavy atom. The van der Waals surface area contributed by atoms with E-state index in [2.05, 4.69) is 13.8 Å². The topological polar surface area (TPSA) is 112 Å². The van der Waals surface area contributed by atoms with Crippen LogP contribution in [0.5, 0.6) is 0 Å². The van der Waals surface area contributed by atoms with Crippen LogP contribution in [0.3, 0.4) is 0 Å². The first-order valence-corrected chi connectivity index (χ1v) is 15.1. The van der Waals surface area contributed by atoms with Crippen molar-refractivity contribution in [1.82, 2.24) is 0 Å². The van der Waals surface area contributed by atoms with E-state index in [1.54, 1.807) is 6.07 Å². The molecule has 0 saturated carbocycles. The van der Waals surface area contributed by atoms with Crippen molar-refractivity contribution in [3.8, 4) is 0 Å². The van der Waals surface area contributed by atoms with Gasteiger partial charge in [-0.1, -0.05) is 117 Å². The molecule has 0 unspecified atom stereocenters. The predicted molar refractivity (Wildman–Crippen MR) is 156 cm³/mol. The van der Waals surface area contributed by atoms with Crippen LogP contribution in [0.2, 0.25) is 0 Å². The standard InChI is InChI=1S/C16H22O4.C16H32O2/c1-3-5-7-11-9-10-13(15(17)18)14(16(19)20)12(11)8-6-4-2;1-2-3-4-5-6-7-8-9-10-11-12-13-14-15-16(17)18/h9-10H,3-8H2,1-2H3,(H,17,18)(H,19,20);2-15H2,1H3,(H,17,18). The molecule has 0 atom stereocenters. The molecule has 0 amide bonds. The quantitative estimate of drug-likeness (QED) is 0.128. The summed E-state index contributed by atoms with van der Waals surface area (Å²) < 4.78 is 0. The summed E-state index contributed by atoms with van der Waals surface area (Å²) in [7, 11) is 0. The summed E-state index contributed by atoms with van der Waals surface area (Å²) in [6.45, 7) is 6.37. The number of hydrogen-bond acceptors (Lipinski definition) is 3. The Balaban J connectivity index is 0.000000726. The highest BCUT2D eigenvalue weighted by Crippen LogP contribution is 2.24. The van der Waals surface area contributed by atoms with E-state index < -0.39 is 17.9 Å². The molecule has 0 spiro atoms. The maximum Gasteiger partial charge on any atom is 0.336 e. The van der Waals surface area contributed by atoms with Gasteiger partial charge in [0.15, 0.2) is 0 Å². The second-order valence-electron chi connectivity index (χ2n) is 10.3. The lowest BCUT2D eigenvalue weighted by Gasteiger charge is -2.14. The van der Waals surface area contributed by atoms with Crippen molar-refractivity contribution in [3.05, 3.63) is 34.4 Å². The summed E-state index contributed by atoms with van der Waals surface area (Å²) in [5.41, 5.74) is 1.54. The van der Waals surface area contributed by atoms with Gasteiger partial charge in [0, 0.05) is 6.42 Å². The molecule has 0 aromatic heterocycles. The van der Waals surface area contributed by atoms with Crippen LogP contribution in [-0.4, -0.2) is 33.2 Å². The fourth-order valence-corrected chi connectivity index (χ4v) is 4.65. The number of benzene rings is 1. The second kappa shape index (κ2) is 23.7. The average molecular weight is 535 g/mol. The van der Waals surface area contributed by atoms with Gasteiger partial charge < -0.3 is 15.3 Å². The van der Waals surface area contributed by atoms with Gasteiger partial charge >= 0.3 is 17.9 Å². The minimum absolute atomic E-state index is 0.0282. The molecule has 218 valence electrons. The number of hydrogen-bond donors (Lipinski definition) is 3. The van der Waals surface area contributed by atoms with Crippen LogP contribution in [0.15, 0.2) is 12.1 Å². The highest BCUT2D eigenvalue weighted by atomic mass is 16.4. The van der Waals surface area contributed by atoms with Crippen LogP contribution in [0.25, 0.3) is 0 Å². The SMILES string of the molecule is CCCCCCCCCCCCCCCC(=O)O.CCCCc1ccc(C(=O)O)c(C(=O)O)c1CCCC. The summed E-state index contributed by atoms with van der Waals surface area (Å²) in [5, 5.41) is 27.0. The molecule has 0 radical (unpaired) electrons. The number of aromatic carboxylic acids is 2. The summed E-state index contributed by atoms with van der Waals surface area (Å²) >= 11 is 0. The van der Waals surface area contributed by atoms with Crippen molar-refractivity contribution < 1.29 is 29.7 Å². The first kappa shape index (κ1) is 35.6. The van der Waals surface area contributed by atoms with Gasteiger partial charge in [-0.25, -0.2) is 9.59 Å². The third-order valence-electron chi connectivity index (χ3n) is 6.93. The summed E-state index contributed by atoms with van der Waals surface area (Å²) in [4.78, 5) is 33.0. The molecule has 38 heavy (non-hydrogen) atoms. The van der Waals surface area contributed by atoms with E-state index in [0.29, 0.717) is 18.4 Å². The molecule has 1 aromatic rings. The maximum absolute atomic E-state index is 11.5. The predicted octanol–water partition coefficient (Wildman–Crippen LogP) is 9.32. The van der Waals surface area contributed by atoms with Gasteiger partial charge in [0.05, 0.1) is 11.1 Å². The van der Waals surface area contributed by atoms with Crippen LogP contribution in [0.1, 0.15) is 168 Å². The minimum atomic E-state index is -1.18. The number of unbranched alkanes of at least 4 members (excludes halogenated alkanes) is 14. The molecule has 6 nitrogen and oxygen atoms in total. The first-order valence-electron chi connectivity index (χ1n) is 15.1. The Hall–Kier alpha value is -2.37. The van der Waals surface area contributed by atoms with Crippen molar-refractivity contribution in [3.63, 3.8) is 0 Å². The maximum atomic E-state index is 11.5. The normalized spacial score (nSPS) is 10.6. The lowest BCUT2D eigenvalue weighted by Crippen LogP contribution is -2.14. The number of rotatable bonds is 22. The third-order valence-corrected chi connectivity index (χ3v) is 6.93. The Labute approximate surface area is 231 Å². The zero-order valence-electron chi connectivity index (χ0n) is 24.4. The van der Waals surface area contributed by atoms with Crippen LogP contribution in [0, 0.1) is 0 Å². The molecule has 0 aliphatic rings. The fourth-order valence-electron chi connectivity index (χ4n) is 4.65. The van der Waals surface area contributed by atoms with Gasteiger partial charge in [-0.05, 0) is 49.3 Å². The van der Waals surface area contributed by atoms with Crippen LogP contribution in [-0.2, 0) is 17.6 Å². The minimum Gasteiger partial charge on any atom is -0.481 e. The summed E-state index contributed by atoms with van der Waals surface area (Å²) in [6, 6.07) is 3.20. The molecule has 1 rings (SSSR count). The van der Waals surface area contributed by atoms with E-state index in [1.165, 1.54) is 76.7 Å². The monoisotopic (exact) mass is 534 g/mol. The van der Waals surface area contributed by atoms with Crippen molar-refractivity contribution >= 4 is 17.9 Å². The Kier molecular flexibility index (Phi) is 22.2. The summed E-state index contributed by atoms with van der Waals surface area (Å²) in [5.74, 6) is -2.98. The molecular weight excluding hydrogens is 480 g/mol. The van der Waals surface area contributed by atoms with Crippen molar-refractivity contribution in [2.45, 2.75) is 149 Å². The van der Waals surface area contributed by atoms with Crippen molar-refractivity contribution in [2.24, 2.45) is 0 Å². The van der Waals surface area contributed by atoms with Gasteiger partial charge in [0.1, 0.15) is 0 Å². The Bertz CT molecular complexity index is 786. The molecule has 6 heteroatoms. The molecule has 3 N–H and O–H groups in total. The van der Waals surface area contributed by atoms with E-state index in [0.717, 1.165) is 50.5 Å². The number of carbonyl (C=O) groups is 3. The van der Waals surface area contributed by atoms with E-state index in [9.17, 15) is 19.5 Å². The highest BCUT2D eigenvalue weighted by Gasteiger charge is 2.22. The van der Waals surface area contributed by atoms with Gasteiger partial charge in [-0.15, -0.1) is 0 Å². The van der Waals surface area contributed by atoms with E-state index in [1.807, 2.05) is 6.92 Å². The molecule has 0 heterocycles. The lowest BCUT2D eigenvalue weighted by atomic mass is 9.90. The number of carboxylic acids is 3. The van der Waals surface area contributed by atoms with Gasteiger partial charge in [0.25, 0.3) is 0 Å². The lowest BCUT2D eigenvalue weighted by molar-refractivity contribution is -0.137. The average Bonchev–Trinajstić information content (AvgIpc) is 2.88. The number of aryl methyl sites for hydroxylation is 1. The third kappa shape index (κ3) is 17.2. The van der Waals surface area contributed by atoms with Crippen LogP contribution >= 0.6 is 0 Å². The van der Waals surface area contributed by atoms with Crippen molar-refractivity contribution in [2.75, 3.05) is 0 Å². The van der Waals surface area contributed by atoms with E-state index >= 15 is 0 Å². The number of carboxylic acid groups (broad SMARTS) is 3. The van der Waals surface area contributed by atoms with Gasteiger partial charge in [-0.3, -0.25) is 4.79 Å². The largest absolute Gasteiger partial charge is 0.481 e. The molecule has 0 bridgehead atoms. The van der Waals surface area contributed by atoms with Crippen LogP contribution in [0.4, 0.5) is 0 Å². The van der Waals surface area contributed by atoms with E-state index in [-0.39, 0.29) is 11.1 Å². The van der Waals surface area contributed by atoms with Crippen LogP contribution < -0.4 is 0 Å². The molecule has 0 aliphatic heterocycles. The smallest absolute Gasteiger partial charge is 0.336 e. The zero-order valence-corrected chi connectivity index (χ0v) is 24.4. The Morgan fingerprint density at radius 3 is 1.42 bits per heavy atom. The molecule has 0 aliphatic carbocycles. The first-order chi connectivity index (χ1) is 18.3. The van der Waals surface area contributed by atoms with Gasteiger partial charge in [-0.2, -0.15) is 0 Å². The van der Waals surface area contributed by atoms with E-state index in [4.69, 9.17) is 10.2 Å². The Morgan fingerprint density at radius 1 is 0.553 bits per heavy atom. The van der Waals surface area contributed by atoms with Crippen molar-refractivity contribution in [1.29, 1.82) is 0 Å².